The molecule has 10 nitrogen and oxygen atoms in total. The molecule has 3 aromatic carbocycles. The largest absolute Gasteiger partial charge is 0.493 e. The van der Waals surface area contributed by atoms with Gasteiger partial charge in [0.2, 0.25) is 11.0 Å². The lowest BCUT2D eigenvalue weighted by molar-refractivity contribution is -0.120. The number of carbonyl (C=O) groups is 2. The second kappa shape index (κ2) is 13.9. The summed E-state index contributed by atoms with van der Waals surface area (Å²) in [6.07, 6.45) is 1.37. The van der Waals surface area contributed by atoms with Crippen LogP contribution in [0, 0.1) is 0 Å². The van der Waals surface area contributed by atoms with Crippen LogP contribution in [-0.4, -0.2) is 48.5 Å². The predicted octanol–water partition coefficient (Wildman–Crippen LogP) is 4.60. The lowest BCUT2D eigenvalue weighted by Gasteiger charge is -2.13. The van der Waals surface area contributed by atoms with Crippen molar-refractivity contribution in [1.29, 1.82) is 0 Å². The zero-order chi connectivity index (χ0) is 27.5. The quantitative estimate of drug-likeness (QED) is 0.146. The van der Waals surface area contributed by atoms with E-state index in [0.29, 0.717) is 44.4 Å². The van der Waals surface area contributed by atoms with Gasteiger partial charge in [0, 0.05) is 5.56 Å². The molecule has 1 aromatic heterocycles. The molecule has 0 aliphatic heterocycles. The number of nitrogens with one attached hydrogen (secondary N) is 2. The number of benzene rings is 3. The molecule has 12 heteroatoms. The van der Waals surface area contributed by atoms with E-state index in [1.165, 1.54) is 13.3 Å². The van der Waals surface area contributed by atoms with E-state index in [2.05, 4.69) is 26.0 Å². The number of aromatic nitrogens is 2. The second-order valence-corrected chi connectivity index (χ2v) is 9.30. The first-order valence-electron chi connectivity index (χ1n) is 11.7. The average molecular weight is 566 g/mol. The Labute approximate surface area is 233 Å². The molecular formula is C27H24ClN5O5S. The van der Waals surface area contributed by atoms with Gasteiger partial charge in [0.05, 0.1) is 24.8 Å². The predicted molar refractivity (Wildman–Crippen MR) is 149 cm³/mol. The van der Waals surface area contributed by atoms with Gasteiger partial charge in [-0.05, 0) is 42.0 Å². The van der Waals surface area contributed by atoms with E-state index in [1.807, 2.05) is 36.4 Å². The summed E-state index contributed by atoms with van der Waals surface area (Å²) in [7, 11) is 1.50. The summed E-state index contributed by atoms with van der Waals surface area (Å²) in [5, 5.41) is 15.5. The molecule has 0 atom stereocenters. The Morgan fingerprint density at radius 3 is 2.46 bits per heavy atom. The number of ether oxygens (including phenoxy) is 3. The van der Waals surface area contributed by atoms with Crippen LogP contribution in [-0.2, 0) is 11.2 Å². The standard InChI is InChI=1S/C27H24ClN5O5S/c1-36-22-15-18(14-21(28)25(22)38-13-12-37-20-10-6-3-7-11-20)17-29-31-23(34)16-24-32-33-27(39-24)30-26(35)19-8-4-2-5-9-19/h2-11,14-15,17H,12-13,16H2,1H3,(H,31,34)(H,30,33,35)/b29-17-. The number of nitrogens with zero attached hydrogens (tertiary/aromatic N) is 3. The summed E-state index contributed by atoms with van der Waals surface area (Å²) >= 11 is 7.50. The Morgan fingerprint density at radius 2 is 1.72 bits per heavy atom. The number of methoxy groups -OCH3 is 1. The first-order chi connectivity index (χ1) is 19.0. The number of para-hydroxylation sites is 1. The maximum absolute atomic E-state index is 12.3. The molecule has 4 aromatic rings. The highest BCUT2D eigenvalue weighted by molar-refractivity contribution is 7.15. The average Bonchev–Trinajstić information content (AvgIpc) is 3.39. The molecular weight excluding hydrogens is 542 g/mol. The molecule has 4 rings (SSSR count). The summed E-state index contributed by atoms with van der Waals surface area (Å²) in [6, 6.07) is 21.5. The number of carbonyl (C=O) groups excluding carboxylic acids is 2. The van der Waals surface area contributed by atoms with E-state index < -0.39 is 5.91 Å². The maximum atomic E-state index is 12.3. The number of anilines is 1. The van der Waals surface area contributed by atoms with Gasteiger partial charge in [-0.1, -0.05) is 59.3 Å². The molecule has 200 valence electrons. The molecule has 1 heterocycles. The molecule has 0 radical (unpaired) electrons. The first kappa shape index (κ1) is 27.6. The van der Waals surface area contributed by atoms with Gasteiger partial charge in [-0.3, -0.25) is 14.9 Å². The summed E-state index contributed by atoms with van der Waals surface area (Å²) in [4.78, 5) is 24.5. The van der Waals surface area contributed by atoms with Crippen LogP contribution < -0.4 is 25.0 Å². The van der Waals surface area contributed by atoms with Crippen molar-refractivity contribution < 1.29 is 23.8 Å². The lowest BCUT2D eigenvalue weighted by atomic mass is 10.2. The van der Waals surface area contributed by atoms with Crippen LogP contribution in [0.25, 0.3) is 0 Å². The fourth-order valence-corrected chi connectivity index (χ4v) is 4.27. The van der Waals surface area contributed by atoms with Crippen LogP contribution in [0.3, 0.4) is 0 Å². The van der Waals surface area contributed by atoms with Gasteiger partial charge in [0.1, 0.15) is 24.0 Å². The monoisotopic (exact) mass is 565 g/mol. The number of hydrazone groups is 1. The molecule has 0 bridgehead atoms. The van der Waals surface area contributed by atoms with Crippen LogP contribution >= 0.6 is 22.9 Å². The minimum absolute atomic E-state index is 0.0574. The van der Waals surface area contributed by atoms with Crippen LogP contribution in [0.5, 0.6) is 17.2 Å². The Kier molecular flexibility index (Phi) is 9.81. The van der Waals surface area contributed by atoms with Crippen LogP contribution in [0.15, 0.2) is 77.9 Å². The molecule has 0 saturated heterocycles. The Morgan fingerprint density at radius 1 is 1.00 bits per heavy atom. The molecule has 39 heavy (non-hydrogen) atoms. The molecule has 0 aliphatic rings. The minimum atomic E-state index is -0.403. The summed E-state index contributed by atoms with van der Waals surface area (Å²) in [5.74, 6) is 0.824. The fraction of sp³-hybridized carbons (Fsp3) is 0.148. The number of amides is 2. The van der Waals surface area contributed by atoms with Gasteiger partial charge < -0.3 is 14.2 Å². The zero-order valence-electron chi connectivity index (χ0n) is 20.8. The van der Waals surface area contributed by atoms with Gasteiger partial charge >= 0.3 is 0 Å². The van der Waals surface area contributed by atoms with Gasteiger partial charge in [0.25, 0.3) is 5.91 Å². The normalized spacial score (nSPS) is 10.7. The van der Waals surface area contributed by atoms with Crippen molar-refractivity contribution in [2.75, 3.05) is 25.6 Å². The van der Waals surface area contributed by atoms with Crippen molar-refractivity contribution >= 4 is 46.1 Å². The van der Waals surface area contributed by atoms with E-state index in [9.17, 15) is 9.59 Å². The molecule has 2 amide bonds. The Bertz CT molecular complexity index is 1430. The molecule has 0 aliphatic carbocycles. The van der Waals surface area contributed by atoms with Crippen molar-refractivity contribution in [2.24, 2.45) is 5.10 Å². The molecule has 0 saturated carbocycles. The van der Waals surface area contributed by atoms with E-state index in [-0.39, 0.29) is 18.9 Å². The number of rotatable bonds is 12. The van der Waals surface area contributed by atoms with E-state index in [0.717, 1.165) is 17.1 Å². The maximum Gasteiger partial charge on any atom is 0.257 e. The fourth-order valence-electron chi connectivity index (χ4n) is 3.26. The van der Waals surface area contributed by atoms with Crippen molar-refractivity contribution in [2.45, 2.75) is 6.42 Å². The third-order valence-corrected chi connectivity index (χ3v) is 6.15. The van der Waals surface area contributed by atoms with Gasteiger partial charge in [-0.15, -0.1) is 10.2 Å². The first-order valence-corrected chi connectivity index (χ1v) is 12.9. The summed E-state index contributed by atoms with van der Waals surface area (Å²) in [6.45, 7) is 0.589. The Hall–Kier alpha value is -4.48. The summed E-state index contributed by atoms with van der Waals surface area (Å²) in [5.41, 5.74) is 3.52. The molecule has 0 fully saturated rings. The highest BCUT2D eigenvalue weighted by Gasteiger charge is 2.14. The highest BCUT2D eigenvalue weighted by Crippen LogP contribution is 2.36. The van der Waals surface area contributed by atoms with Gasteiger partial charge in [-0.2, -0.15) is 5.10 Å². The van der Waals surface area contributed by atoms with Crippen LogP contribution in [0.1, 0.15) is 20.9 Å². The third kappa shape index (κ3) is 8.25. The zero-order valence-corrected chi connectivity index (χ0v) is 22.4. The van der Waals surface area contributed by atoms with Crippen molar-refractivity contribution in [3.8, 4) is 17.2 Å². The summed E-state index contributed by atoms with van der Waals surface area (Å²) < 4.78 is 16.8. The van der Waals surface area contributed by atoms with Crippen molar-refractivity contribution in [3.05, 3.63) is 94.0 Å². The van der Waals surface area contributed by atoms with Gasteiger partial charge in [-0.25, -0.2) is 5.43 Å². The molecule has 2 N–H and O–H groups in total. The topological polar surface area (TPSA) is 124 Å². The Balaban J connectivity index is 1.26. The number of hydrogen-bond acceptors (Lipinski definition) is 9. The lowest BCUT2D eigenvalue weighted by Crippen LogP contribution is -2.19. The van der Waals surface area contributed by atoms with Crippen molar-refractivity contribution in [3.63, 3.8) is 0 Å². The third-order valence-electron chi connectivity index (χ3n) is 5.03. The van der Waals surface area contributed by atoms with Crippen LogP contribution in [0.4, 0.5) is 5.13 Å². The highest BCUT2D eigenvalue weighted by atomic mass is 35.5. The molecule has 0 spiro atoms. The molecule has 0 unspecified atom stereocenters. The SMILES string of the molecule is COc1cc(/C=N\NC(=O)Cc2nnc(NC(=O)c3ccccc3)s2)cc(Cl)c1OCCOc1ccccc1. The number of hydrogen-bond donors (Lipinski definition) is 2. The van der Waals surface area contributed by atoms with Crippen LogP contribution in [0.2, 0.25) is 5.02 Å². The van der Waals surface area contributed by atoms with E-state index in [1.54, 1.807) is 36.4 Å². The van der Waals surface area contributed by atoms with Crippen molar-refractivity contribution in [1.82, 2.24) is 15.6 Å². The number of halogens is 1. The van der Waals surface area contributed by atoms with E-state index >= 15 is 0 Å². The van der Waals surface area contributed by atoms with E-state index in [4.69, 9.17) is 25.8 Å². The minimum Gasteiger partial charge on any atom is -0.493 e. The second-order valence-electron chi connectivity index (χ2n) is 7.84. The van der Waals surface area contributed by atoms with Gasteiger partial charge in [0.15, 0.2) is 11.5 Å². The smallest absolute Gasteiger partial charge is 0.257 e.